The highest BCUT2D eigenvalue weighted by atomic mass is 32.2. The second-order valence-electron chi connectivity index (χ2n) is 5.54. The topological polar surface area (TPSA) is 69.3 Å². The highest BCUT2D eigenvalue weighted by Gasteiger charge is 2.28. The summed E-state index contributed by atoms with van der Waals surface area (Å²) in [5.41, 5.74) is 0. The van der Waals surface area contributed by atoms with Gasteiger partial charge in [-0.05, 0) is 19.1 Å². The van der Waals surface area contributed by atoms with Crippen LogP contribution in [0.25, 0.3) is 0 Å². The minimum Gasteiger partial charge on any atom is -0.331 e. The zero-order valence-corrected chi connectivity index (χ0v) is 15.7. The zero-order chi connectivity index (χ0) is 17.0. The molecule has 0 saturated heterocycles. The van der Waals surface area contributed by atoms with Gasteiger partial charge in [-0.3, -0.25) is 5.10 Å². The maximum Gasteiger partial charge on any atom is 0.282 e. The van der Waals surface area contributed by atoms with Crippen molar-refractivity contribution in [3.63, 3.8) is 0 Å². The van der Waals surface area contributed by atoms with E-state index in [1.54, 1.807) is 33.1 Å². The summed E-state index contributed by atoms with van der Waals surface area (Å²) in [4.78, 5) is 4.39. The van der Waals surface area contributed by atoms with Crippen molar-refractivity contribution in [1.82, 2.24) is 15.2 Å². The summed E-state index contributed by atoms with van der Waals surface area (Å²) in [7, 11) is 4.84. The van der Waals surface area contributed by atoms with E-state index in [0.717, 1.165) is 30.2 Å². The van der Waals surface area contributed by atoms with Gasteiger partial charge in [0.2, 0.25) is 5.16 Å². The Balaban J connectivity index is 1.97. The van der Waals surface area contributed by atoms with Gasteiger partial charge in [0.05, 0.1) is 0 Å². The Morgan fingerprint density at radius 1 is 0.913 bits per heavy atom. The Labute approximate surface area is 144 Å². The quantitative estimate of drug-likeness (QED) is 0.314. The predicted molar refractivity (Wildman–Crippen MR) is 92.6 cm³/mol. The summed E-state index contributed by atoms with van der Waals surface area (Å²) in [6.45, 7) is 0. The first kappa shape index (κ1) is 20.4. The van der Waals surface area contributed by atoms with Gasteiger partial charge in [0.1, 0.15) is 5.82 Å². The van der Waals surface area contributed by atoms with Crippen molar-refractivity contribution in [3.05, 3.63) is 5.82 Å². The highest BCUT2D eigenvalue weighted by Crippen LogP contribution is 2.21. The monoisotopic (exact) mass is 345 g/mol. The molecular formula is C16H31N3O3S. The van der Waals surface area contributed by atoms with Gasteiger partial charge in [-0.2, -0.15) is 0 Å². The van der Waals surface area contributed by atoms with Gasteiger partial charge in [0, 0.05) is 34.2 Å². The number of H-pyrrole nitrogens is 1. The van der Waals surface area contributed by atoms with E-state index in [9.17, 15) is 0 Å². The number of aryl methyl sites for hydroxylation is 1. The van der Waals surface area contributed by atoms with E-state index in [4.69, 9.17) is 14.2 Å². The van der Waals surface area contributed by atoms with E-state index < -0.39 is 5.97 Å². The van der Waals surface area contributed by atoms with Crippen molar-refractivity contribution in [3.8, 4) is 0 Å². The second kappa shape index (κ2) is 11.8. The van der Waals surface area contributed by atoms with Crippen LogP contribution in [0.4, 0.5) is 0 Å². The number of ether oxygens (including phenoxy) is 3. The average molecular weight is 346 g/mol. The lowest BCUT2D eigenvalue weighted by Crippen LogP contribution is -2.35. The fraction of sp³-hybridized carbons (Fsp3) is 0.875. The van der Waals surface area contributed by atoms with Crippen LogP contribution in [0, 0.1) is 0 Å². The van der Waals surface area contributed by atoms with Crippen molar-refractivity contribution in [2.45, 2.75) is 68.9 Å². The third-order valence-electron chi connectivity index (χ3n) is 4.02. The molecule has 1 aromatic heterocycles. The summed E-state index contributed by atoms with van der Waals surface area (Å²) in [6.07, 6.45) is 12.2. The number of rotatable bonds is 14. The minimum atomic E-state index is -0.868. The maximum absolute atomic E-state index is 5.29. The van der Waals surface area contributed by atoms with Crippen molar-refractivity contribution >= 4 is 11.8 Å². The highest BCUT2D eigenvalue weighted by molar-refractivity contribution is 7.98. The molecule has 0 aliphatic carbocycles. The fourth-order valence-corrected chi connectivity index (χ4v) is 2.89. The lowest BCUT2D eigenvalue weighted by molar-refractivity contribution is -0.355. The molecule has 1 N–H and O–H groups in total. The van der Waals surface area contributed by atoms with Crippen LogP contribution < -0.4 is 0 Å². The van der Waals surface area contributed by atoms with Gasteiger partial charge in [-0.15, -0.1) is 5.10 Å². The summed E-state index contributed by atoms with van der Waals surface area (Å²) in [6, 6.07) is 0. The summed E-state index contributed by atoms with van der Waals surface area (Å²) < 4.78 is 15.9. The Morgan fingerprint density at radius 2 is 1.48 bits per heavy atom. The number of hydrogen-bond acceptors (Lipinski definition) is 6. The van der Waals surface area contributed by atoms with Gasteiger partial charge in [0.15, 0.2) is 0 Å². The van der Waals surface area contributed by atoms with Crippen LogP contribution in [0.3, 0.4) is 0 Å². The number of nitrogens with zero attached hydrogens (tertiary/aromatic N) is 2. The predicted octanol–water partition coefficient (Wildman–Crippen LogP) is 3.78. The van der Waals surface area contributed by atoms with Gasteiger partial charge < -0.3 is 14.2 Å². The molecule has 134 valence electrons. The largest absolute Gasteiger partial charge is 0.331 e. The van der Waals surface area contributed by atoms with Crippen LogP contribution in [-0.2, 0) is 20.6 Å². The molecule has 0 spiro atoms. The third kappa shape index (κ3) is 7.65. The number of nitrogens with one attached hydrogen (secondary N) is 1. The van der Waals surface area contributed by atoms with Crippen molar-refractivity contribution in [1.29, 1.82) is 0 Å². The normalized spacial score (nSPS) is 12.0. The Bertz CT molecular complexity index is 403. The molecule has 1 aromatic rings. The second-order valence-corrected chi connectivity index (χ2v) is 6.31. The molecule has 0 fully saturated rings. The molecule has 23 heavy (non-hydrogen) atoms. The summed E-state index contributed by atoms with van der Waals surface area (Å²) in [5.74, 6) is 0.136. The fourth-order valence-electron chi connectivity index (χ4n) is 2.55. The first-order chi connectivity index (χ1) is 11.2. The Morgan fingerprint density at radius 3 is 2.00 bits per heavy atom. The SMILES string of the molecule is COC(CCCCCCCCCc1nc(SC)n[nH]1)(OC)OC. The van der Waals surface area contributed by atoms with Crippen LogP contribution in [0.5, 0.6) is 0 Å². The molecule has 0 radical (unpaired) electrons. The molecule has 1 heterocycles. The molecule has 0 unspecified atom stereocenters. The molecule has 0 aliphatic rings. The minimum absolute atomic E-state index is 0.764. The Kier molecular flexibility index (Phi) is 10.5. The first-order valence-corrected chi connectivity index (χ1v) is 9.53. The van der Waals surface area contributed by atoms with E-state index >= 15 is 0 Å². The molecule has 0 aromatic carbocycles. The van der Waals surface area contributed by atoms with Crippen LogP contribution in [0.1, 0.15) is 57.2 Å². The maximum atomic E-state index is 5.29. The molecule has 0 amide bonds. The molecule has 1 rings (SSSR count). The van der Waals surface area contributed by atoms with E-state index in [1.165, 1.54) is 38.5 Å². The van der Waals surface area contributed by atoms with Crippen molar-refractivity contribution in [2.24, 2.45) is 0 Å². The first-order valence-electron chi connectivity index (χ1n) is 8.30. The van der Waals surface area contributed by atoms with Crippen LogP contribution in [0.2, 0.25) is 0 Å². The third-order valence-corrected chi connectivity index (χ3v) is 4.57. The van der Waals surface area contributed by atoms with E-state index in [1.807, 2.05) is 6.26 Å². The number of unbranched alkanes of at least 4 members (excludes halogenated alkanes) is 6. The van der Waals surface area contributed by atoms with Crippen molar-refractivity contribution in [2.75, 3.05) is 27.6 Å². The van der Waals surface area contributed by atoms with E-state index in [2.05, 4.69) is 15.2 Å². The summed E-state index contributed by atoms with van der Waals surface area (Å²) >= 11 is 1.57. The molecule has 0 aliphatic heterocycles. The van der Waals surface area contributed by atoms with E-state index in [0.29, 0.717) is 0 Å². The van der Waals surface area contributed by atoms with Gasteiger partial charge in [0.25, 0.3) is 5.97 Å². The molecular weight excluding hydrogens is 314 g/mol. The van der Waals surface area contributed by atoms with E-state index in [-0.39, 0.29) is 0 Å². The van der Waals surface area contributed by atoms with Crippen molar-refractivity contribution < 1.29 is 14.2 Å². The number of thioether (sulfide) groups is 1. The molecule has 6 nitrogen and oxygen atoms in total. The summed E-state index contributed by atoms with van der Waals surface area (Å²) in [5, 5.41) is 7.94. The van der Waals surface area contributed by atoms with Gasteiger partial charge in [-0.1, -0.05) is 43.9 Å². The molecule has 0 saturated carbocycles. The smallest absolute Gasteiger partial charge is 0.282 e. The van der Waals surface area contributed by atoms with Crippen LogP contribution >= 0.6 is 11.8 Å². The number of aromatic nitrogens is 3. The number of hydrogen-bond donors (Lipinski definition) is 1. The number of methoxy groups -OCH3 is 3. The van der Waals surface area contributed by atoms with Gasteiger partial charge >= 0.3 is 0 Å². The standard InChI is InChI=1S/C16H31N3O3S/c1-20-16(21-2,22-3)13-11-9-7-5-6-8-10-12-14-17-15(23-4)19-18-14/h5-13H2,1-4H3,(H,17,18,19). The number of aromatic amines is 1. The Hall–Kier alpha value is -0.630. The van der Waals surface area contributed by atoms with Crippen LogP contribution in [-0.4, -0.2) is 48.7 Å². The average Bonchev–Trinajstić information content (AvgIpc) is 3.05. The molecule has 0 bridgehead atoms. The lowest BCUT2D eigenvalue weighted by atomic mass is 10.1. The van der Waals surface area contributed by atoms with Gasteiger partial charge in [-0.25, -0.2) is 4.98 Å². The molecule has 7 heteroatoms. The zero-order valence-electron chi connectivity index (χ0n) is 14.9. The van der Waals surface area contributed by atoms with Crippen LogP contribution in [0.15, 0.2) is 5.16 Å². The lowest BCUT2D eigenvalue weighted by Gasteiger charge is -2.28. The molecule has 0 atom stereocenters.